The molecule has 0 aromatic heterocycles. The van der Waals surface area contributed by atoms with Crippen molar-refractivity contribution in [3.05, 3.63) is 34.4 Å². The predicted molar refractivity (Wildman–Crippen MR) is 65.9 cm³/mol. The van der Waals surface area contributed by atoms with Gasteiger partial charge in [-0.3, -0.25) is 4.79 Å². The molecule has 0 radical (unpaired) electrons. The minimum atomic E-state index is -1.15. The molecule has 0 amide bonds. The fourth-order valence-electron chi connectivity index (χ4n) is 2.24. The number of Topliss-reactive ketones (excluding diaryl/α,β-unsaturated/α-hetero) is 1. The number of halogens is 3. The third-order valence-corrected chi connectivity index (χ3v) is 3.84. The van der Waals surface area contributed by atoms with Crippen LogP contribution in [0.4, 0.5) is 8.78 Å². The van der Waals surface area contributed by atoms with Crippen LogP contribution in [0.5, 0.6) is 0 Å². The maximum atomic E-state index is 13.7. The van der Waals surface area contributed by atoms with Gasteiger partial charge in [-0.15, -0.1) is 0 Å². The van der Waals surface area contributed by atoms with E-state index in [0.717, 1.165) is 6.07 Å². The van der Waals surface area contributed by atoms with E-state index >= 15 is 0 Å². The van der Waals surface area contributed by atoms with Gasteiger partial charge in [-0.25, -0.2) is 8.78 Å². The van der Waals surface area contributed by atoms with Crippen molar-refractivity contribution in [3.8, 4) is 0 Å². The number of piperidine rings is 1. The molecule has 0 bridgehead atoms. The predicted octanol–water partition coefficient (Wildman–Crippen LogP) is 3.19. The van der Waals surface area contributed by atoms with E-state index in [9.17, 15) is 13.6 Å². The molecule has 98 valence electrons. The number of hydrogen-bond donors (Lipinski definition) is 1. The number of nitrogens with one attached hydrogen (secondary N) is 1. The Morgan fingerprint density at radius 1 is 1.33 bits per heavy atom. The standard InChI is InChI=1S/C13H14ClF2NO/c1-13(4-6-17-7-5-13)12(18)10-8(14)2-3-9(15)11(10)16/h2-3,17H,4-7H2,1H3. The third kappa shape index (κ3) is 2.27. The average Bonchev–Trinajstić information content (AvgIpc) is 2.35. The molecule has 0 aliphatic carbocycles. The Balaban J connectivity index is 2.42. The molecule has 1 N–H and O–H groups in total. The Morgan fingerprint density at radius 3 is 2.56 bits per heavy atom. The molecule has 0 spiro atoms. The van der Waals surface area contributed by atoms with Gasteiger partial charge in [-0.2, -0.15) is 0 Å². The van der Waals surface area contributed by atoms with Gasteiger partial charge in [0, 0.05) is 5.41 Å². The lowest BCUT2D eigenvalue weighted by Crippen LogP contribution is -2.40. The maximum Gasteiger partial charge on any atom is 0.173 e. The van der Waals surface area contributed by atoms with E-state index in [1.54, 1.807) is 6.92 Å². The Morgan fingerprint density at radius 2 is 1.94 bits per heavy atom. The second-order valence-electron chi connectivity index (χ2n) is 4.86. The summed E-state index contributed by atoms with van der Waals surface area (Å²) < 4.78 is 27.0. The van der Waals surface area contributed by atoms with E-state index in [1.807, 2.05) is 0 Å². The van der Waals surface area contributed by atoms with Gasteiger partial charge >= 0.3 is 0 Å². The zero-order valence-corrected chi connectivity index (χ0v) is 10.8. The first-order valence-electron chi connectivity index (χ1n) is 5.85. The first-order valence-corrected chi connectivity index (χ1v) is 6.22. The highest BCUT2D eigenvalue weighted by molar-refractivity contribution is 6.34. The van der Waals surface area contributed by atoms with Crippen molar-refractivity contribution < 1.29 is 13.6 Å². The van der Waals surface area contributed by atoms with Crippen LogP contribution in [-0.2, 0) is 0 Å². The summed E-state index contributed by atoms with van der Waals surface area (Å²) >= 11 is 5.83. The number of carbonyl (C=O) groups excluding carboxylic acids is 1. The van der Waals surface area contributed by atoms with E-state index in [1.165, 1.54) is 6.07 Å². The van der Waals surface area contributed by atoms with Crippen LogP contribution < -0.4 is 5.32 Å². The second kappa shape index (κ2) is 4.94. The summed E-state index contributed by atoms with van der Waals surface area (Å²) in [5.74, 6) is -2.60. The van der Waals surface area contributed by atoms with Crippen LogP contribution >= 0.6 is 11.6 Å². The van der Waals surface area contributed by atoms with Crippen LogP contribution in [0.25, 0.3) is 0 Å². The van der Waals surface area contributed by atoms with Gasteiger partial charge in [0.25, 0.3) is 0 Å². The van der Waals surface area contributed by atoms with Crippen molar-refractivity contribution in [2.24, 2.45) is 5.41 Å². The summed E-state index contributed by atoms with van der Waals surface area (Å²) in [5.41, 5.74) is -0.996. The molecule has 1 aromatic rings. The van der Waals surface area contributed by atoms with Gasteiger partial charge < -0.3 is 5.32 Å². The summed E-state index contributed by atoms with van der Waals surface area (Å²) in [5, 5.41) is 3.10. The molecule has 1 saturated heterocycles. The van der Waals surface area contributed by atoms with Gasteiger partial charge in [0.1, 0.15) is 0 Å². The molecule has 18 heavy (non-hydrogen) atoms. The highest BCUT2D eigenvalue weighted by atomic mass is 35.5. The highest BCUT2D eigenvalue weighted by Crippen LogP contribution is 2.35. The van der Waals surface area contributed by atoms with Crippen LogP contribution in [-0.4, -0.2) is 18.9 Å². The van der Waals surface area contributed by atoms with Gasteiger partial charge in [0.15, 0.2) is 17.4 Å². The van der Waals surface area contributed by atoms with Crippen molar-refractivity contribution in [3.63, 3.8) is 0 Å². The quantitative estimate of drug-likeness (QED) is 0.662. The zero-order chi connectivity index (χ0) is 13.3. The fraction of sp³-hybridized carbons (Fsp3) is 0.462. The van der Waals surface area contributed by atoms with E-state index in [-0.39, 0.29) is 10.6 Å². The molecule has 1 fully saturated rings. The molecule has 2 rings (SSSR count). The van der Waals surface area contributed by atoms with E-state index < -0.39 is 22.8 Å². The van der Waals surface area contributed by atoms with Crippen molar-refractivity contribution in [1.29, 1.82) is 0 Å². The first kappa shape index (κ1) is 13.4. The average molecular weight is 274 g/mol. The maximum absolute atomic E-state index is 13.7. The smallest absolute Gasteiger partial charge is 0.173 e. The number of ketones is 1. The molecular formula is C13H14ClF2NO. The van der Waals surface area contributed by atoms with Gasteiger partial charge in [-0.1, -0.05) is 18.5 Å². The SMILES string of the molecule is CC1(C(=O)c2c(Cl)ccc(F)c2F)CCNCC1. The van der Waals surface area contributed by atoms with Crippen molar-refractivity contribution in [2.45, 2.75) is 19.8 Å². The summed E-state index contributed by atoms with van der Waals surface area (Å²) in [6.45, 7) is 3.16. The summed E-state index contributed by atoms with van der Waals surface area (Å²) in [6, 6.07) is 2.15. The van der Waals surface area contributed by atoms with Crippen molar-refractivity contribution in [1.82, 2.24) is 5.32 Å². The van der Waals surface area contributed by atoms with Crippen LogP contribution in [0.15, 0.2) is 12.1 Å². The molecule has 2 nitrogen and oxygen atoms in total. The molecule has 0 unspecified atom stereocenters. The zero-order valence-electron chi connectivity index (χ0n) is 10.0. The molecule has 5 heteroatoms. The third-order valence-electron chi connectivity index (χ3n) is 3.53. The monoisotopic (exact) mass is 273 g/mol. The highest BCUT2D eigenvalue weighted by Gasteiger charge is 2.38. The van der Waals surface area contributed by atoms with Crippen LogP contribution in [0, 0.1) is 17.0 Å². The molecular weight excluding hydrogens is 260 g/mol. The number of benzene rings is 1. The lowest BCUT2D eigenvalue weighted by molar-refractivity contribution is 0.0757. The Bertz CT molecular complexity index is 484. The molecule has 1 heterocycles. The van der Waals surface area contributed by atoms with Crippen LogP contribution in [0.3, 0.4) is 0 Å². The van der Waals surface area contributed by atoms with E-state index in [0.29, 0.717) is 25.9 Å². The minimum Gasteiger partial charge on any atom is -0.317 e. The lowest BCUT2D eigenvalue weighted by Gasteiger charge is -2.32. The van der Waals surface area contributed by atoms with E-state index in [4.69, 9.17) is 11.6 Å². The summed E-state index contributed by atoms with van der Waals surface area (Å²) in [6.07, 6.45) is 1.19. The number of hydrogen-bond acceptors (Lipinski definition) is 2. The topological polar surface area (TPSA) is 29.1 Å². The van der Waals surface area contributed by atoms with Gasteiger partial charge in [0.2, 0.25) is 0 Å². The molecule has 1 aliphatic heterocycles. The van der Waals surface area contributed by atoms with Crippen molar-refractivity contribution >= 4 is 17.4 Å². The van der Waals surface area contributed by atoms with Crippen LogP contribution in [0.1, 0.15) is 30.1 Å². The fourth-order valence-corrected chi connectivity index (χ4v) is 2.47. The summed E-state index contributed by atoms with van der Waals surface area (Å²) in [7, 11) is 0. The number of carbonyl (C=O) groups is 1. The van der Waals surface area contributed by atoms with Crippen LogP contribution in [0.2, 0.25) is 5.02 Å². The Labute approximate surface area is 109 Å². The lowest BCUT2D eigenvalue weighted by atomic mass is 9.75. The largest absolute Gasteiger partial charge is 0.317 e. The first-order chi connectivity index (χ1) is 8.46. The molecule has 1 aromatic carbocycles. The van der Waals surface area contributed by atoms with Gasteiger partial charge in [-0.05, 0) is 38.1 Å². The Kier molecular flexibility index (Phi) is 3.69. The van der Waals surface area contributed by atoms with E-state index in [2.05, 4.69) is 5.32 Å². The normalized spacial score (nSPS) is 18.7. The van der Waals surface area contributed by atoms with Crippen molar-refractivity contribution in [2.75, 3.05) is 13.1 Å². The van der Waals surface area contributed by atoms with Gasteiger partial charge in [0.05, 0.1) is 10.6 Å². The molecule has 0 saturated carbocycles. The number of rotatable bonds is 2. The minimum absolute atomic E-state index is 0.0290. The molecule has 1 aliphatic rings. The summed E-state index contributed by atoms with van der Waals surface area (Å²) in [4.78, 5) is 12.4. The Hall–Kier alpha value is -1.00. The molecule has 0 atom stereocenters. The second-order valence-corrected chi connectivity index (χ2v) is 5.27.